The van der Waals surface area contributed by atoms with Crippen molar-refractivity contribution in [3.05, 3.63) is 29.6 Å². The molecule has 2 nitrogen and oxygen atoms in total. The predicted octanol–water partition coefficient (Wildman–Crippen LogP) is 2.71. The van der Waals surface area contributed by atoms with Crippen LogP contribution in [0, 0.1) is 5.82 Å². The number of halogens is 1. The highest BCUT2D eigenvalue weighted by atomic mass is 32.1. The smallest absolute Gasteiger partial charge is 0.130 e. The number of ether oxygens (including phenoxy) is 1. The summed E-state index contributed by atoms with van der Waals surface area (Å²) in [5.74, 6) is -0.339. The molecule has 0 aromatic heterocycles. The molecule has 68 valence electrons. The fourth-order valence-electron chi connectivity index (χ4n) is 0.931. The van der Waals surface area contributed by atoms with Crippen molar-refractivity contribution in [1.29, 1.82) is 0 Å². The number of isothiocyanates is 1. The summed E-state index contributed by atoms with van der Waals surface area (Å²) in [6, 6.07) is 4.58. The highest BCUT2D eigenvalue weighted by Gasteiger charge is 2.01. The van der Waals surface area contributed by atoms with Crippen LogP contribution < -0.4 is 0 Å². The van der Waals surface area contributed by atoms with Crippen LogP contribution in [-0.4, -0.2) is 12.3 Å². The fraction of sp³-hybridized carbons (Fsp3) is 0.222. The minimum absolute atomic E-state index is 0.257. The van der Waals surface area contributed by atoms with E-state index in [1.54, 1.807) is 12.1 Å². The van der Waals surface area contributed by atoms with Crippen molar-refractivity contribution in [3.8, 4) is 0 Å². The van der Waals surface area contributed by atoms with Crippen molar-refractivity contribution in [2.24, 2.45) is 4.99 Å². The van der Waals surface area contributed by atoms with Gasteiger partial charge in [0.15, 0.2) is 0 Å². The summed E-state index contributed by atoms with van der Waals surface area (Å²) in [6.45, 7) is 0.257. The molecule has 0 fully saturated rings. The summed E-state index contributed by atoms with van der Waals surface area (Å²) in [7, 11) is 1.52. The molecule has 0 saturated carbocycles. The molecule has 1 rings (SSSR count). The van der Waals surface area contributed by atoms with Crippen LogP contribution in [0.5, 0.6) is 0 Å². The van der Waals surface area contributed by atoms with E-state index < -0.39 is 0 Å². The Balaban J connectivity index is 2.97. The predicted molar refractivity (Wildman–Crippen MR) is 51.8 cm³/mol. The van der Waals surface area contributed by atoms with Crippen LogP contribution in [0.2, 0.25) is 0 Å². The van der Waals surface area contributed by atoms with Gasteiger partial charge in [0.1, 0.15) is 5.82 Å². The van der Waals surface area contributed by atoms with Gasteiger partial charge in [0.25, 0.3) is 0 Å². The molecule has 0 aliphatic rings. The van der Waals surface area contributed by atoms with Gasteiger partial charge in [-0.05, 0) is 18.3 Å². The summed E-state index contributed by atoms with van der Waals surface area (Å²) in [4.78, 5) is 3.65. The number of nitrogens with zero attached hydrogens (tertiary/aromatic N) is 1. The molecular formula is C9H8FNOS. The van der Waals surface area contributed by atoms with E-state index in [0.29, 0.717) is 11.3 Å². The molecule has 13 heavy (non-hydrogen) atoms. The second-order valence-electron chi connectivity index (χ2n) is 2.41. The summed E-state index contributed by atoms with van der Waals surface area (Å²) in [5, 5.41) is 2.17. The minimum Gasteiger partial charge on any atom is -0.380 e. The van der Waals surface area contributed by atoms with E-state index in [4.69, 9.17) is 4.74 Å². The molecule has 4 heteroatoms. The maximum atomic E-state index is 13.2. The molecule has 0 unspecified atom stereocenters. The number of hydrogen-bond donors (Lipinski definition) is 0. The van der Waals surface area contributed by atoms with Crippen LogP contribution in [0.4, 0.5) is 10.1 Å². The lowest BCUT2D eigenvalue weighted by Crippen LogP contribution is -1.91. The molecule has 0 heterocycles. The molecule has 1 aromatic rings. The van der Waals surface area contributed by atoms with E-state index in [0.717, 1.165) is 0 Å². The van der Waals surface area contributed by atoms with E-state index in [-0.39, 0.29) is 12.4 Å². The van der Waals surface area contributed by atoms with Gasteiger partial charge < -0.3 is 4.74 Å². The van der Waals surface area contributed by atoms with Gasteiger partial charge in [-0.15, -0.1) is 0 Å². The van der Waals surface area contributed by atoms with Crippen LogP contribution in [0.25, 0.3) is 0 Å². The van der Waals surface area contributed by atoms with Crippen LogP contribution in [-0.2, 0) is 11.3 Å². The average molecular weight is 197 g/mol. The molecule has 0 bridgehead atoms. The van der Waals surface area contributed by atoms with Crippen molar-refractivity contribution in [2.45, 2.75) is 6.61 Å². The Morgan fingerprint density at radius 2 is 2.38 bits per heavy atom. The van der Waals surface area contributed by atoms with Crippen molar-refractivity contribution >= 4 is 23.1 Å². The number of methoxy groups -OCH3 is 1. The lowest BCUT2D eigenvalue weighted by atomic mass is 10.2. The number of thiocarbonyl (C=S) groups is 1. The SMILES string of the molecule is COCc1ccc(N=C=S)cc1F. The summed E-state index contributed by atoms with van der Waals surface area (Å²) < 4.78 is 18.0. The lowest BCUT2D eigenvalue weighted by molar-refractivity contribution is 0.181. The molecule has 0 aliphatic carbocycles. The second-order valence-corrected chi connectivity index (χ2v) is 2.59. The molecule has 0 radical (unpaired) electrons. The number of hydrogen-bond acceptors (Lipinski definition) is 3. The summed E-state index contributed by atoms with van der Waals surface area (Å²) >= 11 is 4.40. The summed E-state index contributed by atoms with van der Waals surface area (Å²) in [6.07, 6.45) is 0. The van der Waals surface area contributed by atoms with Gasteiger partial charge in [0, 0.05) is 18.7 Å². The molecule has 0 spiro atoms. The third-order valence-corrected chi connectivity index (χ3v) is 1.60. The van der Waals surface area contributed by atoms with Crippen LogP contribution >= 0.6 is 12.2 Å². The average Bonchev–Trinajstić information content (AvgIpc) is 2.10. The molecule has 0 amide bonds. The molecule has 1 aromatic carbocycles. The largest absolute Gasteiger partial charge is 0.380 e. The normalized spacial score (nSPS) is 9.38. The number of rotatable bonds is 3. The van der Waals surface area contributed by atoms with Gasteiger partial charge in [-0.1, -0.05) is 6.07 Å². The molecule has 0 aliphatic heterocycles. The standard InChI is InChI=1S/C9H8FNOS/c1-12-5-7-2-3-8(11-6-13)4-9(7)10/h2-4H,5H2,1H3. The Bertz CT molecular complexity index is 347. The first-order chi connectivity index (χ1) is 6.27. The van der Waals surface area contributed by atoms with Gasteiger partial charge in [0.2, 0.25) is 0 Å². The first-order valence-corrected chi connectivity index (χ1v) is 4.04. The van der Waals surface area contributed by atoms with Gasteiger partial charge in [-0.2, -0.15) is 4.99 Å². The molecule has 0 atom stereocenters. The van der Waals surface area contributed by atoms with E-state index >= 15 is 0 Å². The third kappa shape index (κ3) is 2.70. The van der Waals surface area contributed by atoms with E-state index in [9.17, 15) is 4.39 Å². The Labute approximate surface area is 81.1 Å². The fourth-order valence-corrected chi connectivity index (χ4v) is 1.04. The monoisotopic (exact) mass is 197 g/mol. The Morgan fingerprint density at radius 1 is 1.62 bits per heavy atom. The zero-order valence-electron chi connectivity index (χ0n) is 7.08. The van der Waals surface area contributed by atoms with Gasteiger partial charge in [0.05, 0.1) is 17.5 Å². The topological polar surface area (TPSA) is 21.6 Å². The second kappa shape index (κ2) is 4.82. The van der Waals surface area contributed by atoms with Gasteiger partial charge >= 0.3 is 0 Å². The van der Waals surface area contributed by atoms with Crippen LogP contribution in [0.1, 0.15) is 5.56 Å². The van der Waals surface area contributed by atoms with Gasteiger partial charge in [-0.3, -0.25) is 0 Å². The zero-order valence-corrected chi connectivity index (χ0v) is 7.90. The quantitative estimate of drug-likeness (QED) is 0.549. The lowest BCUT2D eigenvalue weighted by Gasteiger charge is -2.01. The van der Waals surface area contributed by atoms with E-state index in [1.165, 1.54) is 13.2 Å². The minimum atomic E-state index is -0.339. The zero-order chi connectivity index (χ0) is 9.68. The Kier molecular flexibility index (Phi) is 3.71. The first-order valence-electron chi connectivity index (χ1n) is 3.63. The summed E-state index contributed by atoms with van der Waals surface area (Å²) in [5.41, 5.74) is 0.971. The van der Waals surface area contributed by atoms with Crippen molar-refractivity contribution in [1.82, 2.24) is 0 Å². The van der Waals surface area contributed by atoms with Crippen molar-refractivity contribution in [2.75, 3.05) is 7.11 Å². The maximum absolute atomic E-state index is 13.2. The molecular weight excluding hydrogens is 189 g/mol. The van der Waals surface area contributed by atoms with Crippen LogP contribution in [0.15, 0.2) is 23.2 Å². The van der Waals surface area contributed by atoms with Crippen molar-refractivity contribution in [3.63, 3.8) is 0 Å². The number of benzene rings is 1. The molecule has 0 saturated heterocycles. The highest BCUT2D eigenvalue weighted by Crippen LogP contribution is 2.17. The van der Waals surface area contributed by atoms with Gasteiger partial charge in [-0.25, -0.2) is 4.39 Å². The number of aliphatic imine (C=N–C) groups is 1. The van der Waals surface area contributed by atoms with E-state index in [2.05, 4.69) is 22.4 Å². The van der Waals surface area contributed by atoms with E-state index in [1.807, 2.05) is 0 Å². The Morgan fingerprint density at radius 3 is 2.92 bits per heavy atom. The van der Waals surface area contributed by atoms with Crippen molar-refractivity contribution < 1.29 is 9.13 Å². The van der Waals surface area contributed by atoms with Crippen LogP contribution in [0.3, 0.4) is 0 Å². The maximum Gasteiger partial charge on any atom is 0.130 e. The first kappa shape index (κ1) is 9.99. The third-order valence-electron chi connectivity index (χ3n) is 1.51. The highest BCUT2D eigenvalue weighted by molar-refractivity contribution is 7.78. The molecule has 0 N–H and O–H groups in total. The Hall–Kier alpha value is -1.09.